The molecule has 1 aromatic heterocycles. The average molecular weight is 824 g/mol. The number of nitrogens with one attached hydrogen (secondary N) is 3. The number of piperazine rings is 1. The van der Waals surface area contributed by atoms with E-state index in [9.17, 15) is 29.1 Å². The van der Waals surface area contributed by atoms with Gasteiger partial charge in [-0.05, 0) is 85.8 Å². The maximum Gasteiger partial charge on any atom is 0.336 e. The number of carbonyl (C=O) groups is 5. The fourth-order valence-electron chi connectivity index (χ4n) is 7.32. The maximum atomic E-state index is 15.4. The smallest absolute Gasteiger partial charge is 0.336 e. The van der Waals surface area contributed by atoms with Gasteiger partial charge in [0.05, 0.1) is 27.4 Å². The molecular weight excluding hydrogens is 785 g/mol. The van der Waals surface area contributed by atoms with Gasteiger partial charge in [-0.15, -0.1) is 10.2 Å². The van der Waals surface area contributed by atoms with Crippen molar-refractivity contribution >= 4 is 58.4 Å². The van der Waals surface area contributed by atoms with Gasteiger partial charge in [-0.2, -0.15) is 5.26 Å². The predicted octanol–water partition coefficient (Wildman–Crippen LogP) is 4.46. The maximum absolute atomic E-state index is 15.4. The zero-order chi connectivity index (χ0) is 41.6. The van der Waals surface area contributed by atoms with E-state index in [1.54, 1.807) is 59.5 Å². The summed E-state index contributed by atoms with van der Waals surface area (Å²) in [6.45, 7) is 4.58. The molecule has 1 atom stereocenters. The van der Waals surface area contributed by atoms with Crippen LogP contribution in [0.3, 0.4) is 0 Å². The molecule has 4 N–H and O–H groups in total. The number of aromatic carboxylic acids is 1. The lowest BCUT2D eigenvalue weighted by Gasteiger charge is -2.40. The van der Waals surface area contributed by atoms with Gasteiger partial charge in [0, 0.05) is 64.0 Å². The number of carboxylic acids is 1. The highest BCUT2D eigenvalue weighted by molar-refractivity contribution is 6.31. The van der Waals surface area contributed by atoms with Gasteiger partial charge >= 0.3 is 5.97 Å². The topological polar surface area (TPSA) is 210 Å². The van der Waals surface area contributed by atoms with E-state index in [4.69, 9.17) is 21.6 Å². The summed E-state index contributed by atoms with van der Waals surface area (Å²) in [5.41, 5.74) is 0.361. The largest absolute Gasteiger partial charge is 0.478 e. The molecule has 1 unspecified atom stereocenters. The van der Waals surface area contributed by atoms with Crippen LogP contribution in [0.2, 0.25) is 5.02 Å². The van der Waals surface area contributed by atoms with E-state index >= 15 is 4.39 Å². The number of aromatic nitrogens is 2. The number of nitriles is 1. The fraction of sp³-hybridized carbons (Fsp3) is 0.317. The number of carboxylic acid groups (broad SMARTS) is 1. The van der Waals surface area contributed by atoms with Gasteiger partial charge in [0.1, 0.15) is 29.4 Å². The van der Waals surface area contributed by atoms with Gasteiger partial charge in [0.2, 0.25) is 11.8 Å². The lowest BCUT2D eigenvalue weighted by atomic mass is 9.96. The molecule has 3 fully saturated rings. The molecule has 304 valence electrons. The molecule has 3 aromatic carbocycles. The molecule has 59 heavy (non-hydrogen) atoms. The summed E-state index contributed by atoms with van der Waals surface area (Å²) >= 11 is 6.09. The van der Waals surface area contributed by atoms with Crippen LogP contribution in [0.25, 0.3) is 0 Å². The Morgan fingerprint density at radius 2 is 1.61 bits per heavy atom. The van der Waals surface area contributed by atoms with E-state index in [1.165, 1.54) is 0 Å². The Bertz CT molecular complexity index is 2310. The van der Waals surface area contributed by atoms with Crippen LogP contribution in [-0.2, 0) is 9.59 Å². The molecule has 0 saturated carbocycles. The number of imide groups is 1. The highest BCUT2D eigenvalue weighted by atomic mass is 35.5. The summed E-state index contributed by atoms with van der Waals surface area (Å²) < 4.78 is 21.2. The molecule has 0 bridgehead atoms. The van der Waals surface area contributed by atoms with E-state index in [1.807, 2.05) is 6.07 Å². The molecule has 3 saturated heterocycles. The monoisotopic (exact) mass is 823 g/mol. The van der Waals surface area contributed by atoms with Crippen molar-refractivity contribution in [2.45, 2.75) is 31.7 Å². The molecule has 0 aliphatic carbocycles. The minimum Gasteiger partial charge on any atom is -0.478 e. The minimum atomic E-state index is -1.41. The molecule has 0 spiro atoms. The number of ether oxygens (including phenoxy) is 1. The number of amides is 4. The lowest BCUT2D eigenvalue weighted by molar-refractivity contribution is -0.134. The van der Waals surface area contributed by atoms with Gasteiger partial charge in [0.25, 0.3) is 11.8 Å². The second-order valence-electron chi connectivity index (χ2n) is 14.5. The van der Waals surface area contributed by atoms with Crippen molar-refractivity contribution < 1.29 is 38.2 Å². The molecule has 7 rings (SSSR count). The normalized spacial score (nSPS) is 17.5. The van der Waals surface area contributed by atoms with Crippen LogP contribution >= 0.6 is 11.6 Å². The third-order valence-corrected chi connectivity index (χ3v) is 10.9. The zero-order valence-corrected chi connectivity index (χ0v) is 32.4. The van der Waals surface area contributed by atoms with E-state index < -0.39 is 47.0 Å². The van der Waals surface area contributed by atoms with E-state index in [2.05, 4.69) is 35.9 Å². The number of rotatable bonds is 11. The molecule has 4 heterocycles. The molecule has 3 aliphatic heterocycles. The van der Waals surface area contributed by atoms with Crippen molar-refractivity contribution in [3.8, 4) is 17.6 Å². The highest BCUT2D eigenvalue weighted by Crippen LogP contribution is 2.29. The standard InChI is InChI=1S/C41H39ClFN9O7/c42-31-19-28(4-1-25(31)22-44)59-27-5-2-26(3-6-27)45-40(56)34-7-9-36(49-48-34)52-13-11-24(12-14-52)23-50-15-17-51(18-16-50)35-21-30(41(57)58)29(20-32(35)43)38(54)46-33-8-10-37(53)47-39(33)55/h1-7,9,19-21,24,33H,8,10-18,23H2,(H,45,56)(H,46,54)(H,57,58)(H,47,53,55). The van der Waals surface area contributed by atoms with E-state index in [0.717, 1.165) is 44.6 Å². The second-order valence-corrected chi connectivity index (χ2v) is 14.9. The third-order valence-electron chi connectivity index (χ3n) is 10.6. The van der Waals surface area contributed by atoms with Crippen LogP contribution < -0.4 is 30.5 Å². The van der Waals surface area contributed by atoms with Crippen molar-refractivity contribution in [1.29, 1.82) is 5.26 Å². The quantitative estimate of drug-likeness (QED) is 0.154. The van der Waals surface area contributed by atoms with Crippen molar-refractivity contribution in [2.24, 2.45) is 5.92 Å². The number of anilines is 3. The average Bonchev–Trinajstić information content (AvgIpc) is 3.23. The van der Waals surface area contributed by atoms with Gasteiger partial charge in [-0.1, -0.05) is 11.6 Å². The predicted molar refractivity (Wildman–Crippen MR) is 213 cm³/mol. The minimum absolute atomic E-state index is 0.0199. The first-order valence-electron chi connectivity index (χ1n) is 19.0. The first-order valence-corrected chi connectivity index (χ1v) is 19.4. The number of hydrogen-bond donors (Lipinski definition) is 4. The third kappa shape index (κ3) is 9.74. The van der Waals surface area contributed by atoms with Crippen LogP contribution in [0, 0.1) is 23.1 Å². The number of piperidine rings is 2. The van der Waals surface area contributed by atoms with Gasteiger partial charge < -0.3 is 30.3 Å². The summed E-state index contributed by atoms with van der Waals surface area (Å²) in [6.07, 6.45) is 1.92. The lowest BCUT2D eigenvalue weighted by Crippen LogP contribution is -2.52. The summed E-state index contributed by atoms with van der Waals surface area (Å²) in [4.78, 5) is 67.7. The Labute approximate surface area is 342 Å². The molecule has 4 amide bonds. The summed E-state index contributed by atoms with van der Waals surface area (Å²) in [7, 11) is 0. The van der Waals surface area contributed by atoms with Crippen LogP contribution in [-0.4, -0.2) is 102 Å². The van der Waals surface area contributed by atoms with E-state index in [-0.39, 0.29) is 29.8 Å². The molecule has 0 radical (unpaired) electrons. The Balaban J connectivity index is 0.856. The first kappa shape index (κ1) is 40.6. The highest BCUT2D eigenvalue weighted by Gasteiger charge is 2.31. The summed E-state index contributed by atoms with van der Waals surface area (Å²) in [5.74, 6) is -2.53. The SMILES string of the molecule is N#Cc1ccc(Oc2ccc(NC(=O)c3ccc(N4CCC(CN5CCN(c6cc(C(=O)O)c(C(=O)NC7CCC(=O)NC7=O)cc6F)CC5)CC4)nn3)cc2)cc1Cl. The number of nitrogens with zero attached hydrogens (tertiary/aromatic N) is 6. The van der Waals surface area contributed by atoms with Crippen LogP contribution in [0.4, 0.5) is 21.6 Å². The number of carbonyl (C=O) groups excluding carboxylic acids is 4. The fourth-order valence-corrected chi connectivity index (χ4v) is 7.53. The number of hydrogen-bond acceptors (Lipinski definition) is 12. The molecule has 18 heteroatoms. The molecular formula is C41H39ClFN9O7. The van der Waals surface area contributed by atoms with Gasteiger partial charge in [-0.25, -0.2) is 9.18 Å². The summed E-state index contributed by atoms with van der Waals surface area (Å²) in [6, 6.07) is 18.0. The molecule has 3 aliphatic rings. The van der Waals surface area contributed by atoms with Crippen molar-refractivity contribution in [1.82, 2.24) is 25.7 Å². The van der Waals surface area contributed by atoms with E-state index in [0.29, 0.717) is 65.7 Å². The second kappa shape index (κ2) is 17.9. The van der Waals surface area contributed by atoms with Gasteiger partial charge in [0.15, 0.2) is 11.5 Å². The Morgan fingerprint density at radius 3 is 2.25 bits per heavy atom. The first-order chi connectivity index (χ1) is 28.4. The molecule has 16 nitrogen and oxygen atoms in total. The van der Waals surface area contributed by atoms with Crippen molar-refractivity contribution in [3.05, 3.63) is 100.0 Å². The zero-order valence-electron chi connectivity index (χ0n) is 31.6. The van der Waals surface area contributed by atoms with Crippen LogP contribution in [0.5, 0.6) is 11.5 Å². The number of halogens is 2. The van der Waals surface area contributed by atoms with Gasteiger partial charge in [-0.3, -0.25) is 29.4 Å². The van der Waals surface area contributed by atoms with Crippen LogP contribution in [0.15, 0.2) is 66.7 Å². The Kier molecular flexibility index (Phi) is 12.3. The van der Waals surface area contributed by atoms with Crippen molar-refractivity contribution in [2.75, 3.05) is 60.9 Å². The summed E-state index contributed by atoms with van der Waals surface area (Å²) in [5, 5.41) is 35.1. The Morgan fingerprint density at radius 1 is 0.881 bits per heavy atom. The van der Waals surface area contributed by atoms with Crippen molar-refractivity contribution in [3.63, 3.8) is 0 Å². The Hall–Kier alpha value is -6.64. The molecule has 4 aromatic rings. The number of benzene rings is 3. The van der Waals surface area contributed by atoms with Crippen LogP contribution in [0.1, 0.15) is 62.5 Å².